The van der Waals surface area contributed by atoms with E-state index in [-0.39, 0.29) is 0 Å². The van der Waals surface area contributed by atoms with Gasteiger partial charge in [-0.1, -0.05) is 13.8 Å². The first-order valence-corrected chi connectivity index (χ1v) is 3.76. The van der Waals surface area contributed by atoms with Crippen molar-refractivity contribution in [3.05, 3.63) is 5.92 Å². The number of rotatable bonds is 4. The Labute approximate surface area is 57.4 Å². The zero-order valence-corrected chi connectivity index (χ0v) is 6.31. The molecule has 1 radical (unpaired) electrons. The monoisotopic (exact) mass is 127 g/mol. The summed E-state index contributed by atoms with van der Waals surface area (Å²) in [6.45, 7) is 5.22. The Kier molecular flexibility index (Phi) is 2.52. The molecule has 1 fully saturated rings. The number of hydrogen-bond donors (Lipinski definition) is 0. The van der Waals surface area contributed by atoms with Gasteiger partial charge >= 0.3 is 0 Å². The second-order valence-corrected chi connectivity index (χ2v) is 2.82. The quantitative estimate of drug-likeness (QED) is 0.562. The normalized spacial score (nSPS) is 19.0. The van der Waals surface area contributed by atoms with Gasteiger partial charge in [0.15, 0.2) is 0 Å². The first-order valence-electron chi connectivity index (χ1n) is 3.76. The Morgan fingerprint density at radius 1 is 1.56 bits per heavy atom. The first-order chi connectivity index (χ1) is 4.33. The standard InChI is InChI=1S/C8H15O/c1-3-7(2)6-9-8-4-5-8/h8H,3-6H2,1-2H3. The van der Waals surface area contributed by atoms with Crippen molar-refractivity contribution >= 4 is 0 Å². The smallest absolute Gasteiger partial charge is 0.0577 e. The molecule has 0 N–H and O–H groups in total. The number of hydrogen-bond acceptors (Lipinski definition) is 1. The Hall–Kier alpha value is -0.0400. The zero-order chi connectivity index (χ0) is 6.69. The Balaban J connectivity index is 1.90. The van der Waals surface area contributed by atoms with Gasteiger partial charge in [-0.25, -0.2) is 0 Å². The van der Waals surface area contributed by atoms with Crippen molar-refractivity contribution in [2.24, 2.45) is 0 Å². The van der Waals surface area contributed by atoms with E-state index in [9.17, 15) is 0 Å². The van der Waals surface area contributed by atoms with Gasteiger partial charge in [0.1, 0.15) is 0 Å². The molecule has 0 aliphatic heterocycles. The molecule has 0 atom stereocenters. The van der Waals surface area contributed by atoms with Crippen molar-refractivity contribution in [2.45, 2.75) is 39.2 Å². The van der Waals surface area contributed by atoms with Crippen LogP contribution in [0.5, 0.6) is 0 Å². The zero-order valence-electron chi connectivity index (χ0n) is 6.31. The molecular weight excluding hydrogens is 112 g/mol. The van der Waals surface area contributed by atoms with E-state index in [2.05, 4.69) is 13.8 Å². The maximum atomic E-state index is 5.47. The molecule has 0 aromatic heterocycles. The maximum Gasteiger partial charge on any atom is 0.0577 e. The molecule has 1 nitrogen and oxygen atoms in total. The maximum absolute atomic E-state index is 5.47. The SMILES string of the molecule is CC[C](C)COC1CC1. The highest BCUT2D eigenvalue weighted by molar-refractivity contribution is 4.83. The van der Waals surface area contributed by atoms with Crippen LogP contribution in [0, 0.1) is 5.92 Å². The first kappa shape index (κ1) is 7.07. The summed E-state index contributed by atoms with van der Waals surface area (Å²) in [4.78, 5) is 0. The molecule has 1 heteroatoms. The summed E-state index contributed by atoms with van der Waals surface area (Å²) in [5, 5.41) is 0. The third-order valence-corrected chi connectivity index (χ3v) is 1.69. The second kappa shape index (κ2) is 3.21. The van der Waals surface area contributed by atoms with Crippen LogP contribution < -0.4 is 0 Å². The minimum atomic E-state index is 0.617. The fourth-order valence-electron chi connectivity index (χ4n) is 0.597. The molecule has 0 aromatic rings. The van der Waals surface area contributed by atoms with Gasteiger partial charge in [0.25, 0.3) is 0 Å². The second-order valence-electron chi connectivity index (χ2n) is 2.82. The predicted octanol–water partition coefficient (Wildman–Crippen LogP) is 2.17. The van der Waals surface area contributed by atoms with Gasteiger partial charge in [-0.05, 0) is 25.2 Å². The molecule has 0 amide bonds. The lowest BCUT2D eigenvalue weighted by Crippen LogP contribution is -2.03. The third-order valence-electron chi connectivity index (χ3n) is 1.69. The molecule has 1 aliphatic carbocycles. The van der Waals surface area contributed by atoms with Crippen molar-refractivity contribution in [3.8, 4) is 0 Å². The fourth-order valence-corrected chi connectivity index (χ4v) is 0.597. The molecule has 9 heavy (non-hydrogen) atoms. The van der Waals surface area contributed by atoms with Crippen LogP contribution in [-0.2, 0) is 4.74 Å². The van der Waals surface area contributed by atoms with Crippen molar-refractivity contribution in [1.82, 2.24) is 0 Å². The van der Waals surface area contributed by atoms with Crippen LogP contribution in [0.3, 0.4) is 0 Å². The average molecular weight is 127 g/mol. The van der Waals surface area contributed by atoms with Gasteiger partial charge in [0.2, 0.25) is 0 Å². The van der Waals surface area contributed by atoms with Gasteiger partial charge in [-0.15, -0.1) is 0 Å². The number of ether oxygens (including phenoxy) is 1. The molecule has 1 saturated carbocycles. The summed E-state index contributed by atoms with van der Waals surface area (Å²) in [7, 11) is 0. The van der Waals surface area contributed by atoms with Gasteiger partial charge < -0.3 is 4.74 Å². The van der Waals surface area contributed by atoms with Crippen molar-refractivity contribution in [3.63, 3.8) is 0 Å². The topological polar surface area (TPSA) is 9.23 Å². The molecule has 1 aliphatic rings. The molecule has 0 aromatic carbocycles. The average Bonchev–Trinajstić information content (AvgIpc) is 2.65. The van der Waals surface area contributed by atoms with E-state index in [0.29, 0.717) is 6.10 Å². The summed E-state index contributed by atoms with van der Waals surface area (Å²) < 4.78 is 5.47. The summed E-state index contributed by atoms with van der Waals surface area (Å²) in [6, 6.07) is 0. The minimum Gasteiger partial charge on any atom is -0.378 e. The molecular formula is C8H15O. The van der Waals surface area contributed by atoms with Crippen LogP contribution in [0.1, 0.15) is 33.1 Å². The van der Waals surface area contributed by atoms with Crippen molar-refractivity contribution < 1.29 is 4.74 Å². The lowest BCUT2D eigenvalue weighted by atomic mass is 10.1. The van der Waals surface area contributed by atoms with E-state index in [1.54, 1.807) is 0 Å². The van der Waals surface area contributed by atoms with Crippen LogP contribution in [-0.4, -0.2) is 12.7 Å². The predicted molar refractivity (Wildman–Crippen MR) is 38.2 cm³/mol. The van der Waals surface area contributed by atoms with Crippen molar-refractivity contribution in [1.29, 1.82) is 0 Å². The molecule has 1 rings (SSSR count). The van der Waals surface area contributed by atoms with Crippen LogP contribution in [0.4, 0.5) is 0 Å². The van der Waals surface area contributed by atoms with Crippen LogP contribution in [0.15, 0.2) is 0 Å². The fraction of sp³-hybridized carbons (Fsp3) is 0.875. The third kappa shape index (κ3) is 2.85. The van der Waals surface area contributed by atoms with Gasteiger partial charge in [0.05, 0.1) is 12.7 Å². The van der Waals surface area contributed by atoms with Crippen LogP contribution >= 0.6 is 0 Å². The Morgan fingerprint density at radius 2 is 2.22 bits per heavy atom. The highest BCUT2D eigenvalue weighted by Gasteiger charge is 2.22. The molecule has 0 saturated heterocycles. The van der Waals surface area contributed by atoms with Gasteiger partial charge in [-0.2, -0.15) is 0 Å². The van der Waals surface area contributed by atoms with Crippen LogP contribution in [0.25, 0.3) is 0 Å². The minimum absolute atomic E-state index is 0.617. The Morgan fingerprint density at radius 3 is 2.67 bits per heavy atom. The summed E-state index contributed by atoms with van der Waals surface area (Å²) >= 11 is 0. The summed E-state index contributed by atoms with van der Waals surface area (Å²) in [5.74, 6) is 1.46. The molecule has 53 valence electrons. The van der Waals surface area contributed by atoms with Gasteiger partial charge in [-0.3, -0.25) is 0 Å². The molecule has 0 bridgehead atoms. The largest absolute Gasteiger partial charge is 0.378 e. The lowest BCUT2D eigenvalue weighted by Gasteiger charge is -2.06. The Bertz CT molecular complexity index is 76.6. The van der Waals surface area contributed by atoms with E-state index in [1.807, 2.05) is 0 Å². The van der Waals surface area contributed by atoms with Gasteiger partial charge in [0, 0.05) is 0 Å². The van der Waals surface area contributed by atoms with Crippen molar-refractivity contribution in [2.75, 3.05) is 6.61 Å². The molecule has 0 heterocycles. The summed E-state index contributed by atoms with van der Waals surface area (Å²) in [6.07, 6.45) is 4.35. The highest BCUT2D eigenvalue weighted by Crippen LogP contribution is 2.24. The van der Waals surface area contributed by atoms with E-state index < -0.39 is 0 Å². The van der Waals surface area contributed by atoms with E-state index >= 15 is 0 Å². The molecule has 0 spiro atoms. The highest BCUT2D eigenvalue weighted by atomic mass is 16.5. The molecule has 0 unspecified atom stereocenters. The van der Waals surface area contributed by atoms with Crippen LogP contribution in [0.2, 0.25) is 0 Å². The lowest BCUT2D eigenvalue weighted by molar-refractivity contribution is 0.127. The van der Waals surface area contributed by atoms with E-state index in [4.69, 9.17) is 4.74 Å². The van der Waals surface area contributed by atoms with E-state index in [1.165, 1.54) is 18.8 Å². The summed E-state index contributed by atoms with van der Waals surface area (Å²) in [5.41, 5.74) is 0. The van der Waals surface area contributed by atoms with E-state index in [0.717, 1.165) is 13.0 Å².